The van der Waals surface area contributed by atoms with Gasteiger partial charge in [0.2, 0.25) is 0 Å². The van der Waals surface area contributed by atoms with Gasteiger partial charge in [-0.1, -0.05) is 40.5 Å². The largest absolute Gasteiger partial charge is 0.454 e. The van der Waals surface area contributed by atoms with E-state index < -0.39 is 23.7 Å². The quantitative estimate of drug-likeness (QED) is 0.682. The molecule has 6 nitrogen and oxygen atoms in total. The van der Waals surface area contributed by atoms with Crippen molar-refractivity contribution in [2.45, 2.75) is 59.0 Å². The van der Waals surface area contributed by atoms with Crippen molar-refractivity contribution in [3.05, 3.63) is 35.6 Å². The van der Waals surface area contributed by atoms with Crippen LogP contribution in [0.25, 0.3) is 0 Å². The van der Waals surface area contributed by atoms with Crippen LogP contribution in [0.15, 0.2) is 24.3 Å². The molecule has 2 N–H and O–H groups in total. The average molecular weight is 406 g/mol. The molecule has 1 aliphatic carbocycles. The summed E-state index contributed by atoms with van der Waals surface area (Å²) in [6.45, 7) is 7.46. The van der Waals surface area contributed by atoms with E-state index in [1.54, 1.807) is 13.8 Å². The number of carbonyl (C=O) groups excluding carboxylic acids is 3. The van der Waals surface area contributed by atoms with Crippen LogP contribution in [-0.2, 0) is 14.3 Å². The average Bonchev–Trinajstić information content (AvgIpc) is 2.68. The minimum absolute atomic E-state index is 0.0871. The van der Waals surface area contributed by atoms with E-state index in [9.17, 15) is 18.8 Å². The highest BCUT2D eigenvalue weighted by Crippen LogP contribution is 2.29. The molecule has 29 heavy (non-hydrogen) atoms. The summed E-state index contributed by atoms with van der Waals surface area (Å²) in [6, 6.07) is 4.21. The van der Waals surface area contributed by atoms with E-state index in [0.29, 0.717) is 11.8 Å². The van der Waals surface area contributed by atoms with E-state index in [4.69, 9.17) is 4.74 Å². The number of hydrogen-bond donors (Lipinski definition) is 2. The van der Waals surface area contributed by atoms with E-state index in [-0.39, 0.29) is 30.0 Å². The monoisotopic (exact) mass is 406 g/mol. The maximum atomic E-state index is 13.0. The third-order valence-electron chi connectivity index (χ3n) is 5.71. The maximum Gasteiger partial charge on any atom is 0.329 e. The van der Waals surface area contributed by atoms with Crippen LogP contribution in [0.2, 0.25) is 0 Å². The number of amides is 2. The zero-order chi connectivity index (χ0) is 21.6. The van der Waals surface area contributed by atoms with Crippen molar-refractivity contribution in [3.8, 4) is 0 Å². The highest BCUT2D eigenvalue weighted by Gasteiger charge is 2.30. The third-order valence-corrected chi connectivity index (χ3v) is 5.71. The van der Waals surface area contributed by atoms with Gasteiger partial charge >= 0.3 is 5.97 Å². The molecule has 1 fully saturated rings. The van der Waals surface area contributed by atoms with Crippen LogP contribution in [0.4, 0.5) is 4.39 Å². The van der Waals surface area contributed by atoms with Crippen LogP contribution in [-0.4, -0.2) is 36.5 Å². The van der Waals surface area contributed by atoms with E-state index in [1.807, 2.05) is 0 Å². The number of carbonyl (C=O) groups is 3. The van der Waals surface area contributed by atoms with Crippen LogP contribution in [0.1, 0.15) is 57.3 Å². The maximum absolute atomic E-state index is 13.0. The van der Waals surface area contributed by atoms with Gasteiger partial charge in [-0.15, -0.1) is 0 Å². The van der Waals surface area contributed by atoms with Gasteiger partial charge in [-0.05, 0) is 48.4 Å². The van der Waals surface area contributed by atoms with Crippen molar-refractivity contribution < 1.29 is 23.5 Å². The number of esters is 1. The normalized spacial score (nSPS) is 22.6. The fourth-order valence-electron chi connectivity index (χ4n) is 3.58. The fraction of sp³-hybridized carbons (Fsp3) is 0.591. The first-order valence-electron chi connectivity index (χ1n) is 10.2. The summed E-state index contributed by atoms with van der Waals surface area (Å²) in [6.07, 6.45) is 3.15. The lowest BCUT2D eigenvalue weighted by Crippen LogP contribution is -2.48. The number of halogens is 1. The smallest absolute Gasteiger partial charge is 0.329 e. The molecular formula is C22H31FN2O4. The van der Waals surface area contributed by atoms with Crippen LogP contribution in [0.3, 0.4) is 0 Å². The zero-order valence-corrected chi connectivity index (χ0v) is 17.5. The van der Waals surface area contributed by atoms with Gasteiger partial charge in [0.25, 0.3) is 11.8 Å². The number of ether oxygens (including phenoxy) is 1. The molecule has 0 heterocycles. The van der Waals surface area contributed by atoms with Crippen molar-refractivity contribution in [2.24, 2.45) is 17.8 Å². The molecule has 0 unspecified atom stereocenters. The van der Waals surface area contributed by atoms with Gasteiger partial charge in [0, 0.05) is 11.6 Å². The van der Waals surface area contributed by atoms with E-state index >= 15 is 0 Å². The summed E-state index contributed by atoms with van der Waals surface area (Å²) in [5, 5.41) is 5.56. The summed E-state index contributed by atoms with van der Waals surface area (Å²) in [5.74, 6) is -1.28. The molecule has 1 aliphatic rings. The van der Waals surface area contributed by atoms with Crippen molar-refractivity contribution in [3.63, 3.8) is 0 Å². The van der Waals surface area contributed by atoms with Crippen molar-refractivity contribution in [2.75, 3.05) is 6.61 Å². The number of benzene rings is 1. The zero-order valence-electron chi connectivity index (χ0n) is 17.5. The number of hydrogen-bond acceptors (Lipinski definition) is 4. The van der Waals surface area contributed by atoms with E-state index in [1.165, 1.54) is 24.3 Å². The molecule has 0 aromatic heterocycles. The molecule has 1 saturated carbocycles. The highest BCUT2D eigenvalue weighted by atomic mass is 19.1. The SMILES string of the molecule is CC(C)[C@H](NC(=O)c1ccc(F)cc1)C(=O)OCC(=O)N[C@H]1CCC[C@@H](C)[C@H]1C. The summed E-state index contributed by atoms with van der Waals surface area (Å²) in [5.41, 5.74) is 0.239. The van der Waals surface area contributed by atoms with Crippen LogP contribution in [0, 0.1) is 23.6 Å². The van der Waals surface area contributed by atoms with Crippen LogP contribution < -0.4 is 10.6 Å². The van der Waals surface area contributed by atoms with Crippen molar-refractivity contribution >= 4 is 17.8 Å². The minimum Gasteiger partial charge on any atom is -0.454 e. The van der Waals surface area contributed by atoms with E-state index in [0.717, 1.165) is 19.3 Å². The lowest BCUT2D eigenvalue weighted by molar-refractivity contribution is -0.151. The molecule has 1 aromatic carbocycles. The van der Waals surface area contributed by atoms with Gasteiger partial charge in [-0.25, -0.2) is 9.18 Å². The van der Waals surface area contributed by atoms with Gasteiger partial charge < -0.3 is 15.4 Å². The van der Waals surface area contributed by atoms with Crippen molar-refractivity contribution in [1.82, 2.24) is 10.6 Å². The molecule has 7 heteroatoms. The van der Waals surface area contributed by atoms with Gasteiger partial charge in [0.05, 0.1) is 0 Å². The summed E-state index contributed by atoms with van der Waals surface area (Å²) in [7, 11) is 0. The number of nitrogens with one attached hydrogen (secondary N) is 2. The van der Waals surface area contributed by atoms with Crippen LogP contribution >= 0.6 is 0 Å². The molecule has 2 rings (SSSR count). The molecule has 0 spiro atoms. The Bertz CT molecular complexity index is 720. The topological polar surface area (TPSA) is 84.5 Å². The first-order valence-corrected chi connectivity index (χ1v) is 10.2. The van der Waals surface area contributed by atoms with Gasteiger partial charge in [0.15, 0.2) is 6.61 Å². The predicted molar refractivity (Wildman–Crippen MR) is 108 cm³/mol. The fourth-order valence-corrected chi connectivity index (χ4v) is 3.58. The predicted octanol–water partition coefficient (Wildman–Crippen LogP) is 3.06. The molecule has 0 bridgehead atoms. The Labute approximate surface area is 171 Å². The second kappa shape index (κ2) is 10.4. The van der Waals surface area contributed by atoms with Crippen LogP contribution in [0.5, 0.6) is 0 Å². The Hall–Kier alpha value is -2.44. The molecule has 0 saturated heterocycles. The lowest BCUT2D eigenvalue weighted by atomic mass is 9.78. The molecule has 160 valence electrons. The summed E-state index contributed by atoms with van der Waals surface area (Å²) < 4.78 is 18.2. The Kier molecular flexibility index (Phi) is 8.17. The van der Waals surface area contributed by atoms with Gasteiger partial charge in [-0.2, -0.15) is 0 Å². The molecular weight excluding hydrogens is 375 g/mol. The van der Waals surface area contributed by atoms with Gasteiger partial charge in [0.1, 0.15) is 11.9 Å². The van der Waals surface area contributed by atoms with Gasteiger partial charge in [-0.3, -0.25) is 9.59 Å². The molecule has 0 radical (unpaired) electrons. The standard InChI is InChI=1S/C22H31FN2O4/c1-13(2)20(25-21(27)16-8-10-17(23)11-9-16)22(28)29-12-19(26)24-18-7-5-6-14(3)15(18)4/h8-11,13-15,18,20H,5-7,12H2,1-4H3,(H,24,26)(H,25,27)/t14-,15-,18+,20+/m1/s1. The van der Waals surface area contributed by atoms with Crippen molar-refractivity contribution in [1.29, 1.82) is 0 Å². The molecule has 2 amide bonds. The summed E-state index contributed by atoms with van der Waals surface area (Å²) >= 11 is 0. The Morgan fingerprint density at radius 1 is 1.14 bits per heavy atom. The number of rotatable bonds is 7. The Morgan fingerprint density at radius 2 is 1.79 bits per heavy atom. The molecule has 0 aliphatic heterocycles. The Balaban J connectivity index is 1.87. The third kappa shape index (κ3) is 6.54. The molecule has 4 atom stereocenters. The first kappa shape index (κ1) is 22.8. The second-order valence-electron chi connectivity index (χ2n) is 8.25. The highest BCUT2D eigenvalue weighted by molar-refractivity contribution is 5.97. The summed E-state index contributed by atoms with van der Waals surface area (Å²) in [4.78, 5) is 37.0. The van der Waals surface area contributed by atoms with E-state index in [2.05, 4.69) is 24.5 Å². The lowest BCUT2D eigenvalue weighted by Gasteiger charge is -2.34. The molecule has 1 aromatic rings. The minimum atomic E-state index is -0.908. The first-order chi connectivity index (χ1) is 13.7. The second-order valence-corrected chi connectivity index (χ2v) is 8.25. The Morgan fingerprint density at radius 3 is 2.41 bits per heavy atom.